The minimum Gasteiger partial charge on any atom is -0.200 e. The third-order valence-electron chi connectivity index (χ3n) is 3.39. The molecule has 2 rings (SSSR count). The number of nitrogens with one attached hydrogen (secondary N) is 1. The van der Waals surface area contributed by atoms with Gasteiger partial charge in [-0.25, -0.2) is 0 Å². The summed E-state index contributed by atoms with van der Waals surface area (Å²) in [5.41, 5.74) is 1.95. The van der Waals surface area contributed by atoms with Crippen LogP contribution in [0.4, 0.5) is 0 Å². The average Bonchev–Trinajstić information content (AvgIpc) is 2.38. The Morgan fingerprint density at radius 3 is 2.40 bits per heavy atom. The molecule has 0 bridgehead atoms. The van der Waals surface area contributed by atoms with Crippen molar-refractivity contribution in [3.8, 4) is 0 Å². The van der Waals surface area contributed by atoms with Gasteiger partial charge in [0.05, 0.1) is 10.6 Å². The van der Waals surface area contributed by atoms with Crippen molar-refractivity contribution in [2.75, 3.05) is 0 Å². The van der Waals surface area contributed by atoms with Crippen molar-refractivity contribution >= 4 is 15.7 Å². The lowest BCUT2D eigenvalue weighted by Gasteiger charge is -2.24. The number of rotatable bonds is 3. The number of hydrogen-bond acceptors (Lipinski definition) is 3. The number of nitrogens with zero attached hydrogens (tertiary/aromatic N) is 1. The van der Waals surface area contributed by atoms with Gasteiger partial charge in [0.2, 0.25) is 0 Å². The van der Waals surface area contributed by atoms with Crippen LogP contribution in [0, 0.1) is 12.3 Å². The molecule has 20 heavy (non-hydrogen) atoms. The van der Waals surface area contributed by atoms with Crippen LogP contribution < -0.4 is 4.83 Å². The highest BCUT2D eigenvalue weighted by molar-refractivity contribution is 7.89. The minimum absolute atomic E-state index is 0.162. The van der Waals surface area contributed by atoms with Gasteiger partial charge in [0.1, 0.15) is 0 Å². The molecule has 0 radical (unpaired) electrons. The summed E-state index contributed by atoms with van der Waals surface area (Å²) in [6.07, 6.45) is 5.70. The van der Waals surface area contributed by atoms with Crippen LogP contribution >= 0.6 is 0 Å². The van der Waals surface area contributed by atoms with Crippen molar-refractivity contribution in [1.29, 1.82) is 0 Å². The van der Waals surface area contributed by atoms with Crippen LogP contribution in [0.25, 0.3) is 0 Å². The summed E-state index contributed by atoms with van der Waals surface area (Å²) in [5.74, 6) is 0. The van der Waals surface area contributed by atoms with Crippen molar-refractivity contribution in [2.24, 2.45) is 10.5 Å². The van der Waals surface area contributed by atoms with E-state index in [4.69, 9.17) is 0 Å². The van der Waals surface area contributed by atoms with Crippen LogP contribution in [0.2, 0.25) is 0 Å². The molecule has 0 saturated carbocycles. The molecule has 1 aromatic carbocycles. The maximum Gasteiger partial charge on any atom is 0.276 e. The molecular weight excluding hydrogens is 272 g/mol. The first kappa shape index (κ1) is 14.8. The molecule has 0 spiro atoms. The Kier molecular flexibility index (Phi) is 3.99. The van der Waals surface area contributed by atoms with Gasteiger partial charge in [-0.05, 0) is 43.4 Å². The molecule has 0 heterocycles. The van der Waals surface area contributed by atoms with E-state index in [1.165, 1.54) is 0 Å². The van der Waals surface area contributed by atoms with E-state index in [0.717, 1.165) is 24.1 Å². The van der Waals surface area contributed by atoms with Crippen molar-refractivity contribution in [3.05, 3.63) is 42.0 Å². The molecule has 0 atom stereocenters. The Hall–Kier alpha value is -1.62. The quantitative estimate of drug-likeness (QED) is 0.871. The summed E-state index contributed by atoms with van der Waals surface area (Å²) in [5, 5.41) is 4.01. The Bertz CT molecular complexity index is 641. The molecule has 4 nitrogen and oxygen atoms in total. The van der Waals surface area contributed by atoms with E-state index >= 15 is 0 Å². The second-order valence-corrected chi connectivity index (χ2v) is 7.49. The van der Waals surface area contributed by atoms with Gasteiger partial charge in [-0.2, -0.15) is 18.4 Å². The summed E-state index contributed by atoms with van der Waals surface area (Å²) in [4.78, 5) is 2.53. The first-order valence-corrected chi connectivity index (χ1v) is 8.11. The maximum atomic E-state index is 12.1. The van der Waals surface area contributed by atoms with Crippen molar-refractivity contribution in [1.82, 2.24) is 4.83 Å². The molecule has 108 valence electrons. The third kappa shape index (κ3) is 3.70. The van der Waals surface area contributed by atoms with Gasteiger partial charge >= 0.3 is 0 Å². The highest BCUT2D eigenvalue weighted by Gasteiger charge is 2.19. The number of sulfonamides is 1. The first-order chi connectivity index (χ1) is 9.28. The molecule has 1 aromatic rings. The predicted octanol–water partition coefficient (Wildman–Crippen LogP) is 3.01. The molecule has 0 fully saturated rings. The summed E-state index contributed by atoms with van der Waals surface area (Å²) >= 11 is 0. The fourth-order valence-corrected chi connectivity index (χ4v) is 2.76. The Labute approximate surface area is 120 Å². The van der Waals surface area contributed by atoms with E-state index in [2.05, 4.69) is 29.9 Å². The van der Waals surface area contributed by atoms with Crippen LogP contribution in [-0.2, 0) is 10.0 Å². The molecule has 1 aliphatic rings. The standard InChI is InChI=1S/C15H20N2O2S/c1-12-4-6-14(7-5-12)20(18,19)17-16-13-8-10-15(2,3)11-9-13/h4-8,10,17H,9,11H2,1-3H3/b16-13-. The van der Waals surface area contributed by atoms with E-state index < -0.39 is 10.0 Å². The normalized spacial score (nSPS) is 20.1. The Balaban J connectivity index is 2.12. The van der Waals surface area contributed by atoms with Gasteiger partial charge in [-0.15, -0.1) is 0 Å². The Morgan fingerprint density at radius 1 is 1.20 bits per heavy atom. The second-order valence-electron chi connectivity index (χ2n) is 5.83. The lowest BCUT2D eigenvalue weighted by Crippen LogP contribution is -2.22. The van der Waals surface area contributed by atoms with Gasteiger partial charge in [0, 0.05) is 0 Å². The molecule has 0 amide bonds. The zero-order valence-electron chi connectivity index (χ0n) is 12.1. The molecule has 1 aliphatic carbocycles. The van der Waals surface area contributed by atoms with Crippen LogP contribution in [0.3, 0.4) is 0 Å². The smallest absolute Gasteiger partial charge is 0.200 e. The van der Waals surface area contributed by atoms with Crippen LogP contribution in [0.15, 0.2) is 46.4 Å². The summed E-state index contributed by atoms with van der Waals surface area (Å²) in [6.45, 7) is 6.21. The largest absolute Gasteiger partial charge is 0.276 e. The van der Waals surface area contributed by atoms with Gasteiger partial charge in [-0.3, -0.25) is 0 Å². The van der Waals surface area contributed by atoms with Crippen LogP contribution in [-0.4, -0.2) is 14.1 Å². The SMILES string of the molecule is Cc1ccc(S(=O)(=O)N/N=C2/C=CC(C)(C)CC2)cc1. The lowest BCUT2D eigenvalue weighted by molar-refractivity contribution is 0.441. The number of hydrogen-bond donors (Lipinski definition) is 1. The fraction of sp³-hybridized carbons (Fsp3) is 0.400. The van der Waals surface area contributed by atoms with Crippen LogP contribution in [0.5, 0.6) is 0 Å². The van der Waals surface area contributed by atoms with Crippen molar-refractivity contribution in [3.63, 3.8) is 0 Å². The number of aryl methyl sites for hydroxylation is 1. The average molecular weight is 292 g/mol. The molecule has 5 heteroatoms. The second kappa shape index (κ2) is 5.40. The highest BCUT2D eigenvalue weighted by Crippen LogP contribution is 2.28. The lowest BCUT2D eigenvalue weighted by atomic mass is 9.82. The zero-order valence-corrected chi connectivity index (χ0v) is 12.9. The summed E-state index contributed by atoms with van der Waals surface area (Å²) < 4.78 is 24.1. The van der Waals surface area contributed by atoms with Gasteiger partial charge in [0.25, 0.3) is 10.0 Å². The molecule has 0 aromatic heterocycles. The topological polar surface area (TPSA) is 58.5 Å². The van der Waals surface area contributed by atoms with Gasteiger partial charge in [-0.1, -0.05) is 37.6 Å². The molecule has 0 saturated heterocycles. The molecule has 0 aliphatic heterocycles. The highest BCUT2D eigenvalue weighted by atomic mass is 32.2. The minimum atomic E-state index is -3.58. The van der Waals surface area contributed by atoms with E-state index in [-0.39, 0.29) is 10.3 Å². The van der Waals surface area contributed by atoms with Gasteiger partial charge in [0.15, 0.2) is 0 Å². The van der Waals surface area contributed by atoms with Crippen LogP contribution in [0.1, 0.15) is 32.3 Å². The maximum absolute atomic E-state index is 12.1. The zero-order chi connectivity index (χ0) is 14.8. The van der Waals surface area contributed by atoms with Gasteiger partial charge < -0.3 is 0 Å². The molecular formula is C15H20N2O2S. The number of allylic oxidation sites excluding steroid dienone is 2. The van der Waals surface area contributed by atoms with E-state index in [1.54, 1.807) is 24.3 Å². The summed E-state index contributed by atoms with van der Waals surface area (Å²) in [6, 6.07) is 6.70. The van der Waals surface area contributed by atoms with E-state index in [0.29, 0.717) is 0 Å². The van der Waals surface area contributed by atoms with Crippen molar-refractivity contribution < 1.29 is 8.42 Å². The van der Waals surface area contributed by atoms with E-state index in [9.17, 15) is 8.42 Å². The summed E-state index contributed by atoms with van der Waals surface area (Å²) in [7, 11) is -3.58. The third-order valence-corrected chi connectivity index (χ3v) is 4.62. The van der Waals surface area contributed by atoms with E-state index in [1.807, 2.05) is 13.0 Å². The fourth-order valence-electron chi connectivity index (χ4n) is 1.92. The Morgan fingerprint density at radius 2 is 1.85 bits per heavy atom. The van der Waals surface area contributed by atoms with Crippen molar-refractivity contribution in [2.45, 2.75) is 38.5 Å². The molecule has 0 unspecified atom stereocenters. The number of hydrazone groups is 1. The monoisotopic (exact) mass is 292 g/mol. The molecule has 1 N–H and O–H groups in total. The predicted molar refractivity (Wildman–Crippen MR) is 81.1 cm³/mol. The first-order valence-electron chi connectivity index (χ1n) is 6.63. The number of benzene rings is 1.